The minimum absolute atomic E-state index is 0.285. The van der Waals surface area contributed by atoms with Crippen molar-refractivity contribution >= 4 is 23.3 Å². The van der Waals surface area contributed by atoms with Gasteiger partial charge in [0.2, 0.25) is 0 Å². The summed E-state index contributed by atoms with van der Waals surface area (Å²) < 4.78 is 0. The molecule has 2 N–H and O–H groups in total. The lowest BCUT2D eigenvalue weighted by Crippen LogP contribution is -2.46. The van der Waals surface area contributed by atoms with E-state index in [1.807, 2.05) is 0 Å². The van der Waals surface area contributed by atoms with Crippen LogP contribution in [0.3, 0.4) is 0 Å². The van der Waals surface area contributed by atoms with Crippen molar-refractivity contribution in [2.24, 2.45) is 5.92 Å². The molecule has 1 unspecified atom stereocenters. The lowest BCUT2D eigenvalue weighted by atomic mass is 10.00. The molecular weight excluding hydrogens is 264 g/mol. The van der Waals surface area contributed by atoms with Gasteiger partial charge in [0.25, 0.3) is 0 Å². The van der Waals surface area contributed by atoms with Crippen LogP contribution in [0.5, 0.6) is 0 Å². The highest BCUT2D eigenvalue weighted by atomic mass is 32.1. The van der Waals surface area contributed by atoms with Crippen LogP contribution in [0.2, 0.25) is 0 Å². The average Bonchev–Trinajstić information content (AvgIpc) is 2.89. The zero-order valence-corrected chi connectivity index (χ0v) is 11.7. The number of hydrogen-bond acceptors (Lipinski definition) is 3. The summed E-state index contributed by atoms with van der Waals surface area (Å²) in [6.45, 7) is 3.56. The molecule has 6 heteroatoms. The van der Waals surface area contributed by atoms with Crippen LogP contribution < -0.4 is 5.32 Å². The minimum atomic E-state index is -1.03. The highest BCUT2D eigenvalue weighted by Gasteiger charge is 2.27. The third-order valence-corrected chi connectivity index (χ3v) is 4.35. The van der Waals surface area contributed by atoms with E-state index in [1.165, 1.54) is 11.3 Å². The molecule has 5 nitrogen and oxygen atoms in total. The van der Waals surface area contributed by atoms with Gasteiger partial charge in [-0.1, -0.05) is 13.0 Å². The predicted molar refractivity (Wildman–Crippen MR) is 73.2 cm³/mol. The number of hydrogen-bond donors (Lipinski definition) is 2. The second-order valence-corrected chi connectivity index (χ2v) is 5.89. The number of nitrogens with zero attached hydrogens (tertiary/aromatic N) is 1. The fourth-order valence-corrected chi connectivity index (χ4v) is 2.90. The first-order chi connectivity index (χ1) is 9.08. The number of piperidine rings is 1. The maximum Gasteiger partial charge on any atom is 0.331 e. The van der Waals surface area contributed by atoms with Gasteiger partial charge in [-0.25, -0.2) is 9.59 Å². The first-order valence-corrected chi connectivity index (χ1v) is 7.27. The molecule has 19 heavy (non-hydrogen) atoms. The van der Waals surface area contributed by atoms with E-state index in [4.69, 9.17) is 0 Å². The van der Waals surface area contributed by atoms with Crippen LogP contribution in [0.1, 0.15) is 30.7 Å². The minimum Gasteiger partial charge on any atom is -0.479 e. The standard InChI is InChI=1S/C13H18N2O3S/c1-9-4-6-15(7-5-9)13(18)14-11(12(16)17)10-3-2-8-19-10/h2-3,8-9,11H,4-7H2,1H3,(H,14,18)(H,16,17). The van der Waals surface area contributed by atoms with Gasteiger partial charge in [-0.2, -0.15) is 0 Å². The second-order valence-electron chi connectivity index (χ2n) is 4.91. The molecule has 104 valence electrons. The molecule has 2 amide bonds. The molecule has 1 aromatic heterocycles. The highest BCUT2D eigenvalue weighted by Crippen LogP contribution is 2.21. The van der Waals surface area contributed by atoms with Gasteiger partial charge in [-0.3, -0.25) is 0 Å². The van der Waals surface area contributed by atoms with Gasteiger partial charge < -0.3 is 15.3 Å². The first-order valence-electron chi connectivity index (χ1n) is 6.39. The van der Waals surface area contributed by atoms with Gasteiger partial charge in [0.15, 0.2) is 6.04 Å². The molecule has 0 bridgehead atoms. The Hall–Kier alpha value is -1.56. The molecule has 0 aliphatic carbocycles. The number of rotatable bonds is 3. The summed E-state index contributed by atoms with van der Waals surface area (Å²) in [6, 6.07) is 2.27. The number of carbonyl (C=O) groups is 2. The van der Waals surface area contributed by atoms with Crippen molar-refractivity contribution in [2.75, 3.05) is 13.1 Å². The summed E-state index contributed by atoms with van der Waals surface area (Å²) in [5, 5.41) is 13.6. The van der Waals surface area contributed by atoms with Crippen LogP contribution in [0.25, 0.3) is 0 Å². The largest absolute Gasteiger partial charge is 0.479 e. The number of amides is 2. The Morgan fingerprint density at radius 1 is 1.47 bits per heavy atom. The monoisotopic (exact) mass is 282 g/mol. The summed E-state index contributed by atoms with van der Waals surface area (Å²) in [5.41, 5.74) is 0. The summed E-state index contributed by atoms with van der Waals surface area (Å²) in [7, 11) is 0. The molecule has 0 aromatic carbocycles. The summed E-state index contributed by atoms with van der Waals surface area (Å²) in [5.74, 6) is -0.391. The molecule has 1 aliphatic rings. The van der Waals surface area contributed by atoms with Crippen LogP contribution in [-0.2, 0) is 4.79 Å². The molecule has 2 heterocycles. The number of thiophene rings is 1. The van der Waals surface area contributed by atoms with Crippen LogP contribution in [-0.4, -0.2) is 35.1 Å². The van der Waals surface area contributed by atoms with Gasteiger partial charge in [-0.15, -0.1) is 11.3 Å². The second kappa shape index (κ2) is 6.06. The van der Waals surface area contributed by atoms with Crippen LogP contribution in [0.4, 0.5) is 4.79 Å². The van der Waals surface area contributed by atoms with Crippen LogP contribution in [0, 0.1) is 5.92 Å². The summed E-state index contributed by atoms with van der Waals surface area (Å²) >= 11 is 1.33. The number of nitrogens with one attached hydrogen (secondary N) is 1. The Bertz CT molecular complexity index is 439. The quantitative estimate of drug-likeness (QED) is 0.894. The van der Waals surface area contributed by atoms with Gasteiger partial charge in [0.05, 0.1) is 0 Å². The average molecular weight is 282 g/mol. The zero-order chi connectivity index (χ0) is 13.8. The number of likely N-dealkylation sites (tertiary alicyclic amines) is 1. The number of aliphatic carboxylic acids is 1. The Kier molecular flexibility index (Phi) is 4.42. The van der Waals surface area contributed by atoms with E-state index in [0.717, 1.165) is 12.8 Å². The molecule has 0 spiro atoms. The fourth-order valence-electron chi connectivity index (χ4n) is 2.14. The van der Waals surface area contributed by atoms with Gasteiger partial charge >= 0.3 is 12.0 Å². The molecule has 1 fully saturated rings. The molecule has 0 saturated carbocycles. The Balaban J connectivity index is 1.98. The summed E-state index contributed by atoms with van der Waals surface area (Å²) in [6.07, 6.45) is 1.95. The van der Waals surface area contributed by atoms with Crippen molar-refractivity contribution in [3.8, 4) is 0 Å². The predicted octanol–water partition coefficient (Wildman–Crippen LogP) is 2.32. The lowest BCUT2D eigenvalue weighted by Gasteiger charge is -2.31. The van der Waals surface area contributed by atoms with Crippen molar-refractivity contribution in [1.29, 1.82) is 0 Å². The molecule has 1 atom stereocenters. The number of carboxylic acid groups (broad SMARTS) is 1. The number of carboxylic acids is 1. The molecule has 2 rings (SSSR count). The number of urea groups is 1. The van der Waals surface area contributed by atoms with E-state index in [9.17, 15) is 14.7 Å². The number of carbonyl (C=O) groups excluding carboxylic acids is 1. The SMILES string of the molecule is CC1CCN(C(=O)NC(C(=O)O)c2cccs2)CC1. The molecule has 1 aliphatic heterocycles. The Morgan fingerprint density at radius 2 is 2.16 bits per heavy atom. The summed E-state index contributed by atoms with van der Waals surface area (Å²) in [4.78, 5) is 25.7. The van der Waals surface area contributed by atoms with Gasteiger partial charge in [0.1, 0.15) is 0 Å². The third-order valence-electron chi connectivity index (χ3n) is 3.41. The smallest absolute Gasteiger partial charge is 0.331 e. The van der Waals surface area contributed by atoms with Crippen molar-refractivity contribution in [3.63, 3.8) is 0 Å². The van der Waals surface area contributed by atoms with Gasteiger partial charge in [-0.05, 0) is 30.2 Å². The van der Waals surface area contributed by atoms with E-state index in [-0.39, 0.29) is 6.03 Å². The normalized spacial score (nSPS) is 18.1. The maximum atomic E-state index is 12.1. The third kappa shape index (κ3) is 3.47. The van der Waals surface area contributed by atoms with Crippen LogP contribution in [0.15, 0.2) is 17.5 Å². The fraction of sp³-hybridized carbons (Fsp3) is 0.538. The molecule has 1 saturated heterocycles. The van der Waals surface area contributed by atoms with E-state index in [0.29, 0.717) is 23.9 Å². The first kappa shape index (κ1) is 13.9. The lowest BCUT2D eigenvalue weighted by molar-refractivity contribution is -0.139. The van der Waals surface area contributed by atoms with E-state index in [2.05, 4.69) is 12.2 Å². The molecule has 0 radical (unpaired) electrons. The van der Waals surface area contributed by atoms with Crippen molar-refractivity contribution in [1.82, 2.24) is 10.2 Å². The topological polar surface area (TPSA) is 69.6 Å². The molecular formula is C13H18N2O3S. The van der Waals surface area contributed by atoms with E-state index in [1.54, 1.807) is 22.4 Å². The van der Waals surface area contributed by atoms with Crippen molar-refractivity contribution in [2.45, 2.75) is 25.8 Å². The van der Waals surface area contributed by atoms with E-state index >= 15 is 0 Å². The van der Waals surface area contributed by atoms with Gasteiger partial charge in [0, 0.05) is 18.0 Å². The zero-order valence-electron chi connectivity index (χ0n) is 10.8. The van der Waals surface area contributed by atoms with Crippen molar-refractivity contribution < 1.29 is 14.7 Å². The van der Waals surface area contributed by atoms with E-state index < -0.39 is 12.0 Å². The Labute approximate surface area is 116 Å². The molecule has 1 aromatic rings. The Morgan fingerprint density at radius 3 is 2.68 bits per heavy atom. The van der Waals surface area contributed by atoms with Crippen molar-refractivity contribution in [3.05, 3.63) is 22.4 Å². The highest BCUT2D eigenvalue weighted by molar-refractivity contribution is 7.10. The van der Waals surface area contributed by atoms with Crippen LogP contribution >= 0.6 is 11.3 Å². The maximum absolute atomic E-state index is 12.1.